The second-order valence-corrected chi connectivity index (χ2v) is 9.53. The Labute approximate surface area is 220 Å². The van der Waals surface area contributed by atoms with Gasteiger partial charge in [0.25, 0.3) is 5.91 Å². The number of hydrogen-bond acceptors (Lipinski definition) is 10. The van der Waals surface area contributed by atoms with Crippen LogP contribution in [0.4, 0.5) is 5.13 Å². The molecule has 0 saturated carbocycles. The molecule has 2 aromatic heterocycles. The first-order valence-corrected chi connectivity index (χ1v) is 12.2. The Morgan fingerprint density at radius 3 is 2.47 bits per heavy atom. The average Bonchev–Trinajstić information content (AvgIpc) is 3.58. The molecule has 1 amide bonds. The lowest BCUT2D eigenvalue weighted by atomic mass is 9.95. The van der Waals surface area contributed by atoms with Gasteiger partial charge in [0.05, 0.1) is 36.4 Å². The number of aromatic hydroxyl groups is 1. The van der Waals surface area contributed by atoms with Gasteiger partial charge in [0.15, 0.2) is 45.3 Å². The van der Waals surface area contributed by atoms with Crippen molar-refractivity contribution in [3.63, 3.8) is 0 Å². The number of ketones is 2. The maximum atomic E-state index is 13.9. The molecule has 0 aliphatic carbocycles. The number of Topliss-reactive ketones (excluding diaryl/α,β-unsaturated/α-hetero) is 2. The smallest absolute Gasteiger partial charge is 0.296 e. The number of aryl methyl sites for hydroxylation is 1. The van der Waals surface area contributed by atoms with E-state index in [1.54, 1.807) is 25.1 Å². The van der Waals surface area contributed by atoms with Gasteiger partial charge < -0.3 is 24.1 Å². The summed E-state index contributed by atoms with van der Waals surface area (Å²) in [4.78, 5) is 45.3. The minimum atomic E-state index is -1.16. The molecule has 38 heavy (non-hydrogen) atoms. The van der Waals surface area contributed by atoms with Gasteiger partial charge in [0.2, 0.25) is 5.78 Å². The van der Waals surface area contributed by atoms with Crippen molar-refractivity contribution in [2.24, 2.45) is 0 Å². The summed E-state index contributed by atoms with van der Waals surface area (Å²) in [6.07, 6.45) is 0. The summed E-state index contributed by atoms with van der Waals surface area (Å²) in [5, 5.41) is 21.9. The fraction of sp³-hybridized carbons (Fsp3) is 0.185. The van der Waals surface area contributed by atoms with Crippen LogP contribution in [0.1, 0.15) is 44.4 Å². The Hall–Kier alpha value is -4.64. The van der Waals surface area contributed by atoms with E-state index in [0.29, 0.717) is 32.9 Å². The molecule has 2 N–H and O–H groups in total. The van der Waals surface area contributed by atoms with Gasteiger partial charge in [0, 0.05) is 12.3 Å². The van der Waals surface area contributed by atoms with Gasteiger partial charge in [-0.3, -0.25) is 19.3 Å². The number of nitrogens with zero attached hydrogens (tertiary/aromatic N) is 2. The van der Waals surface area contributed by atoms with Crippen molar-refractivity contribution >= 4 is 44.9 Å². The number of para-hydroxylation sites is 1. The molecule has 0 radical (unpaired) electrons. The van der Waals surface area contributed by atoms with E-state index in [2.05, 4.69) is 4.98 Å². The predicted octanol–water partition coefficient (Wildman–Crippen LogP) is 4.91. The summed E-state index contributed by atoms with van der Waals surface area (Å²) in [5.74, 6) is -2.36. The van der Waals surface area contributed by atoms with Gasteiger partial charge in [-0.25, -0.2) is 4.98 Å². The molecular weight excluding hydrogens is 512 g/mol. The van der Waals surface area contributed by atoms with E-state index in [9.17, 15) is 24.6 Å². The van der Waals surface area contributed by atoms with Crippen molar-refractivity contribution in [2.75, 3.05) is 19.1 Å². The maximum Gasteiger partial charge on any atom is 0.296 e. The third-order valence-electron chi connectivity index (χ3n) is 6.24. The third kappa shape index (κ3) is 3.88. The summed E-state index contributed by atoms with van der Waals surface area (Å²) in [5.41, 5.74) is 0.851. The van der Waals surface area contributed by atoms with E-state index < -0.39 is 23.5 Å². The number of methoxy groups -OCH3 is 2. The van der Waals surface area contributed by atoms with Gasteiger partial charge in [-0.1, -0.05) is 29.5 Å². The van der Waals surface area contributed by atoms with Crippen LogP contribution in [0.5, 0.6) is 17.2 Å². The number of rotatable bonds is 7. The van der Waals surface area contributed by atoms with Crippen LogP contribution in [0.15, 0.2) is 58.2 Å². The van der Waals surface area contributed by atoms with E-state index in [4.69, 9.17) is 13.9 Å². The van der Waals surface area contributed by atoms with Crippen LogP contribution in [0.25, 0.3) is 11.0 Å². The summed E-state index contributed by atoms with van der Waals surface area (Å²) >= 11 is 0.975. The van der Waals surface area contributed by atoms with E-state index >= 15 is 0 Å². The normalized spacial score (nSPS) is 15.4. The van der Waals surface area contributed by atoms with Crippen molar-refractivity contribution < 1.29 is 38.5 Å². The highest BCUT2D eigenvalue weighted by atomic mass is 32.1. The number of aliphatic hydroxyl groups excluding tert-OH is 1. The highest BCUT2D eigenvalue weighted by Gasteiger charge is 2.47. The summed E-state index contributed by atoms with van der Waals surface area (Å²) < 4.78 is 16.4. The average molecular weight is 535 g/mol. The fourth-order valence-electron chi connectivity index (χ4n) is 4.47. The first kappa shape index (κ1) is 25.0. The van der Waals surface area contributed by atoms with Crippen LogP contribution in [-0.4, -0.2) is 46.9 Å². The lowest BCUT2D eigenvalue weighted by Gasteiger charge is -2.24. The number of carbonyl (C=O) groups is 3. The number of phenols is 1. The molecule has 0 fully saturated rings. The van der Waals surface area contributed by atoms with Crippen LogP contribution >= 0.6 is 11.3 Å². The zero-order valence-electron chi connectivity index (χ0n) is 20.8. The minimum Gasteiger partial charge on any atom is -0.504 e. The molecule has 0 spiro atoms. The second kappa shape index (κ2) is 9.34. The molecule has 11 heteroatoms. The highest BCUT2D eigenvalue weighted by Crippen LogP contribution is 2.45. The summed E-state index contributed by atoms with van der Waals surface area (Å²) in [6.45, 7) is 3.02. The zero-order valence-corrected chi connectivity index (χ0v) is 21.6. The number of aliphatic hydroxyl groups is 1. The number of furan rings is 1. The van der Waals surface area contributed by atoms with Gasteiger partial charge in [-0.05, 0) is 36.8 Å². The van der Waals surface area contributed by atoms with E-state index in [-0.39, 0.29) is 33.7 Å². The Balaban J connectivity index is 1.69. The quantitative estimate of drug-likeness (QED) is 0.317. The Morgan fingerprint density at radius 1 is 1.08 bits per heavy atom. The van der Waals surface area contributed by atoms with E-state index in [1.165, 1.54) is 45.4 Å². The number of anilines is 1. The van der Waals surface area contributed by atoms with Crippen LogP contribution < -0.4 is 14.4 Å². The maximum absolute atomic E-state index is 13.9. The van der Waals surface area contributed by atoms with Crippen molar-refractivity contribution in [1.29, 1.82) is 0 Å². The van der Waals surface area contributed by atoms with Gasteiger partial charge in [0.1, 0.15) is 0 Å². The summed E-state index contributed by atoms with van der Waals surface area (Å²) in [6, 6.07) is 9.82. The number of phenolic OH excluding ortho intramolecular Hbond substituents is 1. The van der Waals surface area contributed by atoms with Crippen LogP contribution in [-0.2, 0) is 4.79 Å². The van der Waals surface area contributed by atoms with Crippen LogP contribution in [0, 0.1) is 6.92 Å². The lowest BCUT2D eigenvalue weighted by Crippen LogP contribution is -2.31. The van der Waals surface area contributed by atoms with E-state index in [1.807, 2.05) is 0 Å². The van der Waals surface area contributed by atoms with Crippen molar-refractivity contribution in [2.45, 2.75) is 19.9 Å². The Morgan fingerprint density at radius 2 is 1.82 bits per heavy atom. The van der Waals surface area contributed by atoms with Crippen molar-refractivity contribution in [3.8, 4) is 17.2 Å². The van der Waals surface area contributed by atoms with Crippen LogP contribution in [0.3, 0.4) is 0 Å². The molecule has 1 atom stereocenters. The SMILES string of the molecule is COc1cc(C2C(C(=O)c3cc4cccc(OC)c4o3)=C(O)C(=O)N2c2nc(C)c(C(C)=O)s2)ccc1O. The highest BCUT2D eigenvalue weighted by molar-refractivity contribution is 7.17. The molecular formula is C27H22N2O8S. The van der Waals surface area contributed by atoms with Gasteiger partial charge >= 0.3 is 0 Å². The first-order valence-electron chi connectivity index (χ1n) is 11.4. The largest absolute Gasteiger partial charge is 0.504 e. The van der Waals surface area contributed by atoms with Gasteiger partial charge in [-0.15, -0.1) is 0 Å². The number of fused-ring (bicyclic) bond motifs is 1. The topological polar surface area (TPSA) is 139 Å². The molecule has 1 unspecified atom stereocenters. The van der Waals surface area contributed by atoms with Crippen molar-refractivity contribution in [3.05, 3.63) is 75.7 Å². The molecule has 194 valence electrons. The Bertz CT molecular complexity index is 1660. The third-order valence-corrected chi connectivity index (χ3v) is 7.49. The number of thiazole rings is 1. The predicted molar refractivity (Wildman–Crippen MR) is 138 cm³/mol. The van der Waals surface area contributed by atoms with Crippen molar-refractivity contribution in [1.82, 2.24) is 4.98 Å². The molecule has 5 rings (SSSR count). The molecule has 1 aliphatic rings. The number of hydrogen-bond donors (Lipinski definition) is 2. The number of ether oxygens (including phenoxy) is 2. The number of aromatic nitrogens is 1. The molecule has 1 aliphatic heterocycles. The number of amides is 1. The fourth-order valence-corrected chi connectivity index (χ4v) is 5.46. The number of carbonyl (C=O) groups excluding carboxylic acids is 3. The molecule has 0 bridgehead atoms. The molecule has 10 nitrogen and oxygen atoms in total. The van der Waals surface area contributed by atoms with Gasteiger partial charge in [-0.2, -0.15) is 0 Å². The molecule has 2 aromatic carbocycles. The number of benzene rings is 2. The second-order valence-electron chi connectivity index (χ2n) is 8.56. The lowest BCUT2D eigenvalue weighted by molar-refractivity contribution is -0.117. The van der Waals surface area contributed by atoms with Crippen LogP contribution in [0.2, 0.25) is 0 Å². The van der Waals surface area contributed by atoms with E-state index in [0.717, 1.165) is 16.2 Å². The first-order chi connectivity index (χ1) is 18.2. The Kier molecular flexibility index (Phi) is 6.15. The standard InChI is InChI=1S/C27H22N2O8S/c1-12-25(13(2)30)38-27(28-12)29-21(14-8-9-16(31)18(10-14)36-4)20(23(33)26(29)34)22(32)19-11-15-6-5-7-17(35-3)24(15)37-19/h5-11,21,31,33H,1-4H3. The zero-order chi connectivity index (χ0) is 27.3. The monoisotopic (exact) mass is 534 g/mol. The summed E-state index contributed by atoms with van der Waals surface area (Å²) in [7, 11) is 2.83. The molecule has 4 aromatic rings. The molecule has 3 heterocycles. The minimum absolute atomic E-state index is 0.0984. The molecule has 0 saturated heterocycles.